The number of aliphatic imine (C=N–C) groups is 1. The highest BCUT2D eigenvalue weighted by molar-refractivity contribution is 5.79. The second-order valence-corrected chi connectivity index (χ2v) is 7.86. The predicted octanol–water partition coefficient (Wildman–Crippen LogP) is 3.62. The Labute approximate surface area is 181 Å². The molecule has 6 nitrogen and oxygen atoms in total. The van der Waals surface area contributed by atoms with Crippen molar-refractivity contribution in [3.05, 3.63) is 59.5 Å². The lowest BCUT2D eigenvalue weighted by Gasteiger charge is -2.28. The van der Waals surface area contributed by atoms with Crippen LogP contribution in [0.25, 0.3) is 0 Å². The van der Waals surface area contributed by atoms with Gasteiger partial charge in [0, 0.05) is 26.7 Å². The fourth-order valence-electron chi connectivity index (χ4n) is 4.12. The summed E-state index contributed by atoms with van der Waals surface area (Å²) in [4.78, 5) is 9.31. The van der Waals surface area contributed by atoms with Crippen LogP contribution in [0.15, 0.2) is 52.1 Å². The van der Waals surface area contributed by atoms with Crippen LogP contribution in [0.2, 0.25) is 0 Å². The van der Waals surface area contributed by atoms with E-state index in [9.17, 15) is 0 Å². The molecule has 0 bridgehead atoms. The minimum atomic E-state index is 0.179. The number of nitrogens with zero attached hydrogens (tertiary/aromatic N) is 3. The predicted molar refractivity (Wildman–Crippen MR) is 124 cm³/mol. The Morgan fingerprint density at radius 2 is 1.77 bits per heavy atom. The first-order valence-corrected chi connectivity index (χ1v) is 11.3. The maximum absolute atomic E-state index is 5.69. The van der Waals surface area contributed by atoms with E-state index in [2.05, 4.69) is 63.5 Å². The van der Waals surface area contributed by atoms with E-state index in [-0.39, 0.29) is 6.04 Å². The van der Waals surface area contributed by atoms with Crippen molar-refractivity contribution in [2.75, 3.05) is 39.8 Å². The molecule has 1 fully saturated rings. The number of furan rings is 1. The first kappa shape index (κ1) is 22.4. The Kier molecular flexibility index (Phi) is 8.78. The van der Waals surface area contributed by atoms with E-state index in [0.717, 1.165) is 44.4 Å². The van der Waals surface area contributed by atoms with Crippen LogP contribution in [-0.4, -0.2) is 55.5 Å². The van der Waals surface area contributed by atoms with Crippen molar-refractivity contribution >= 4 is 5.96 Å². The number of hydrogen-bond donors (Lipinski definition) is 2. The monoisotopic (exact) mass is 411 g/mol. The second kappa shape index (κ2) is 11.8. The molecule has 0 saturated carbocycles. The van der Waals surface area contributed by atoms with Gasteiger partial charge in [0.1, 0.15) is 5.76 Å². The van der Waals surface area contributed by atoms with Crippen molar-refractivity contribution < 1.29 is 4.42 Å². The van der Waals surface area contributed by atoms with E-state index in [1.54, 1.807) is 6.26 Å². The van der Waals surface area contributed by atoms with Gasteiger partial charge in [0.2, 0.25) is 0 Å². The Balaban J connectivity index is 1.50. The fourth-order valence-corrected chi connectivity index (χ4v) is 4.12. The van der Waals surface area contributed by atoms with Crippen LogP contribution in [0.5, 0.6) is 0 Å². The van der Waals surface area contributed by atoms with E-state index in [0.29, 0.717) is 0 Å². The summed E-state index contributed by atoms with van der Waals surface area (Å²) in [6, 6.07) is 13.1. The van der Waals surface area contributed by atoms with E-state index < -0.39 is 0 Å². The number of hydrogen-bond acceptors (Lipinski definition) is 4. The average molecular weight is 412 g/mol. The normalized spacial score (nSPS) is 16.2. The van der Waals surface area contributed by atoms with Gasteiger partial charge >= 0.3 is 0 Å². The number of nitrogens with one attached hydrogen (secondary N) is 2. The van der Waals surface area contributed by atoms with E-state index in [1.807, 2.05) is 19.2 Å². The zero-order valence-corrected chi connectivity index (χ0v) is 18.7. The van der Waals surface area contributed by atoms with Crippen LogP contribution in [0.1, 0.15) is 49.6 Å². The van der Waals surface area contributed by atoms with Gasteiger partial charge in [-0.2, -0.15) is 0 Å². The van der Waals surface area contributed by atoms with Gasteiger partial charge in [-0.3, -0.25) is 14.8 Å². The lowest BCUT2D eigenvalue weighted by Crippen LogP contribution is -2.42. The minimum absolute atomic E-state index is 0.179. The molecule has 1 aromatic heterocycles. The summed E-state index contributed by atoms with van der Waals surface area (Å²) >= 11 is 0. The molecule has 0 spiro atoms. The van der Waals surface area contributed by atoms with Crippen LogP contribution < -0.4 is 10.6 Å². The molecule has 2 N–H and O–H groups in total. The molecule has 3 rings (SSSR count). The molecule has 1 aliphatic rings. The summed E-state index contributed by atoms with van der Waals surface area (Å²) in [6.07, 6.45) is 4.42. The van der Waals surface area contributed by atoms with Gasteiger partial charge in [-0.1, -0.05) is 38.1 Å². The maximum atomic E-state index is 5.69. The van der Waals surface area contributed by atoms with Gasteiger partial charge in [0.15, 0.2) is 5.96 Å². The Bertz CT molecular complexity index is 746. The maximum Gasteiger partial charge on any atom is 0.191 e. The number of rotatable bonds is 10. The van der Waals surface area contributed by atoms with Crippen molar-refractivity contribution in [1.29, 1.82) is 0 Å². The minimum Gasteiger partial charge on any atom is -0.468 e. The van der Waals surface area contributed by atoms with E-state index in [4.69, 9.17) is 4.42 Å². The number of likely N-dealkylation sites (N-methyl/N-ethyl adjacent to an activating group) is 1. The van der Waals surface area contributed by atoms with Gasteiger partial charge in [-0.05, 0) is 62.3 Å². The molecule has 1 saturated heterocycles. The topological polar surface area (TPSA) is 56.0 Å². The van der Waals surface area contributed by atoms with Crippen molar-refractivity contribution in [2.45, 2.75) is 45.8 Å². The third-order valence-corrected chi connectivity index (χ3v) is 5.90. The molecule has 1 atom stereocenters. The largest absolute Gasteiger partial charge is 0.468 e. The summed E-state index contributed by atoms with van der Waals surface area (Å²) in [6.45, 7) is 11.3. The standard InChI is InChI=1S/C24H37N5O/c1-4-29(5-2)22(23-9-8-16-30-23)18-27-24(25-3)26-17-20-10-12-21(13-11-20)19-28-14-6-7-15-28/h8-13,16,22H,4-7,14-15,17-19H2,1-3H3,(H2,25,26,27). The molecule has 0 aliphatic carbocycles. The molecular weight excluding hydrogens is 374 g/mol. The smallest absolute Gasteiger partial charge is 0.191 e. The van der Waals surface area contributed by atoms with Gasteiger partial charge < -0.3 is 15.1 Å². The van der Waals surface area contributed by atoms with E-state index in [1.165, 1.54) is 37.1 Å². The number of guanidine groups is 1. The van der Waals surface area contributed by atoms with Crippen LogP contribution in [0, 0.1) is 0 Å². The van der Waals surface area contributed by atoms with Crippen LogP contribution in [0.4, 0.5) is 0 Å². The summed E-state index contributed by atoms with van der Waals surface area (Å²) in [5.41, 5.74) is 2.65. The summed E-state index contributed by atoms with van der Waals surface area (Å²) in [7, 11) is 1.81. The Morgan fingerprint density at radius 3 is 2.37 bits per heavy atom. The van der Waals surface area contributed by atoms with Gasteiger partial charge in [0.25, 0.3) is 0 Å². The van der Waals surface area contributed by atoms with Gasteiger partial charge in [0.05, 0.1) is 12.3 Å². The molecule has 0 radical (unpaired) electrons. The first-order chi connectivity index (χ1) is 14.7. The van der Waals surface area contributed by atoms with Crippen LogP contribution in [-0.2, 0) is 13.1 Å². The lowest BCUT2D eigenvalue weighted by molar-refractivity contribution is 0.193. The second-order valence-electron chi connectivity index (χ2n) is 7.86. The van der Waals surface area contributed by atoms with Crippen molar-refractivity contribution in [1.82, 2.24) is 20.4 Å². The molecule has 1 aliphatic heterocycles. The molecule has 6 heteroatoms. The summed E-state index contributed by atoms with van der Waals surface area (Å²) in [5.74, 6) is 1.79. The third kappa shape index (κ3) is 6.34. The number of likely N-dealkylation sites (tertiary alicyclic amines) is 1. The quantitative estimate of drug-likeness (QED) is 0.462. The highest BCUT2D eigenvalue weighted by Gasteiger charge is 2.20. The van der Waals surface area contributed by atoms with Crippen molar-refractivity contribution in [3.63, 3.8) is 0 Å². The fraction of sp³-hybridized carbons (Fsp3) is 0.542. The van der Waals surface area contributed by atoms with Crippen molar-refractivity contribution in [2.24, 2.45) is 4.99 Å². The molecule has 1 aromatic carbocycles. The van der Waals surface area contributed by atoms with Gasteiger partial charge in [-0.25, -0.2) is 0 Å². The molecule has 0 amide bonds. The van der Waals surface area contributed by atoms with Crippen LogP contribution in [0.3, 0.4) is 0 Å². The summed E-state index contributed by atoms with van der Waals surface area (Å²) in [5, 5.41) is 6.90. The molecule has 1 unspecified atom stereocenters. The molecule has 2 heterocycles. The Morgan fingerprint density at radius 1 is 1.07 bits per heavy atom. The van der Waals surface area contributed by atoms with E-state index >= 15 is 0 Å². The van der Waals surface area contributed by atoms with Gasteiger partial charge in [-0.15, -0.1) is 0 Å². The molecule has 2 aromatic rings. The zero-order valence-electron chi connectivity index (χ0n) is 18.7. The SMILES string of the molecule is CCN(CC)C(CNC(=NC)NCc1ccc(CN2CCCC2)cc1)c1ccco1. The zero-order chi connectivity index (χ0) is 21.2. The molecule has 30 heavy (non-hydrogen) atoms. The first-order valence-electron chi connectivity index (χ1n) is 11.3. The average Bonchev–Trinajstić information content (AvgIpc) is 3.48. The lowest BCUT2D eigenvalue weighted by atomic mass is 10.1. The summed E-state index contributed by atoms with van der Waals surface area (Å²) < 4.78 is 5.69. The molecule has 164 valence electrons. The highest BCUT2D eigenvalue weighted by atomic mass is 16.3. The highest BCUT2D eigenvalue weighted by Crippen LogP contribution is 2.20. The van der Waals surface area contributed by atoms with Crippen LogP contribution >= 0.6 is 0 Å². The third-order valence-electron chi connectivity index (χ3n) is 5.90. The Hall–Kier alpha value is -2.31. The molecular formula is C24H37N5O. The number of benzene rings is 1. The van der Waals surface area contributed by atoms with Crippen molar-refractivity contribution in [3.8, 4) is 0 Å².